The normalized spacial score (nSPS) is 11.4. The van der Waals surface area contributed by atoms with Crippen LogP contribution >= 0.6 is 0 Å². The van der Waals surface area contributed by atoms with E-state index in [-0.39, 0.29) is 18.8 Å². The number of carboxylic acid groups (broad SMARTS) is 1. The summed E-state index contributed by atoms with van der Waals surface area (Å²) in [7, 11) is 0. The Labute approximate surface area is 134 Å². The lowest BCUT2D eigenvalue weighted by Crippen LogP contribution is -2.17. The van der Waals surface area contributed by atoms with E-state index in [1.54, 1.807) is 0 Å². The maximum atomic E-state index is 11.5. The number of esters is 1. The summed E-state index contributed by atoms with van der Waals surface area (Å²) in [6, 6.07) is 0. The van der Waals surface area contributed by atoms with E-state index in [1.165, 1.54) is 32.1 Å². The van der Waals surface area contributed by atoms with Crippen molar-refractivity contribution in [1.82, 2.24) is 0 Å². The summed E-state index contributed by atoms with van der Waals surface area (Å²) in [5, 5.41) is 8.72. The van der Waals surface area contributed by atoms with E-state index in [2.05, 4.69) is 18.8 Å². The van der Waals surface area contributed by atoms with Gasteiger partial charge in [-0.05, 0) is 12.8 Å². The Balaban J connectivity index is 4.07. The van der Waals surface area contributed by atoms with Gasteiger partial charge in [-0.3, -0.25) is 9.59 Å². The summed E-state index contributed by atoms with van der Waals surface area (Å²) in [4.78, 5) is 22.1. The molecule has 4 nitrogen and oxygen atoms in total. The van der Waals surface area contributed by atoms with Crippen LogP contribution in [0.1, 0.15) is 84.5 Å². The molecule has 1 unspecified atom stereocenters. The first-order chi connectivity index (χ1) is 10.6. The smallest absolute Gasteiger partial charge is 0.307 e. The van der Waals surface area contributed by atoms with Crippen molar-refractivity contribution in [2.24, 2.45) is 0 Å². The molecular formula is C18H30O4. The van der Waals surface area contributed by atoms with Crippen LogP contribution in [-0.2, 0) is 14.3 Å². The Hall–Kier alpha value is -1.50. The number of carbonyl (C=O) groups is 2. The van der Waals surface area contributed by atoms with Crippen molar-refractivity contribution in [2.75, 3.05) is 0 Å². The van der Waals surface area contributed by atoms with Gasteiger partial charge in [0, 0.05) is 25.7 Å². The maximum absolute atomic E-state index is 11.5. The van der Waals surface area contributed by atoms with Crippen LogP contribution in [0.5, 0.6) is 0 Å². The number of aliphatic carboxylic acids is 1. The second-order valence-electron chi connectivity index (χ2n) is 5.50. The van der Waals surface area contributed by atoms with E-state index in [0.29, 0.717) is 6.42 Å². The van der Waals surface area contributed by atoms with Crippen molar-refractivity contribution in [1.29, 1.82) is 0 Å². The zero-order chi connectivity index (χ0) is 16.6. The molecule has 0 aliphatic heterocycles. The molecule has 4 heteroatoms. The van der Waals surface area contributed by atoms with Gasteiger partial charge in [-0.25, -0.2) is 0 Å². The largest absolute Gasteiger partial charge is 0.481 e. The molecule has 126 valence electrons. The third-order valence-electron chi connectivity index (χ3n) is 3.27. The molecule has 0 radical (unpaired) electrons. The molecule has 1 N–H and O–H groups in total. The summed E-state index contributed by atoms with van der Waals surface area (Å²) >= 11 is 0. The lowest BCUT2D eigenvalue weighted by atomic mass is 10.1. The molecule has 0 amide bonds. The second-order valence-corrected chi connectivity index (χ2v) is 5.50. The molecule has 0 spiro atoms. The highest BCUT2D eigenvalue weighted by molar-refractivity contribution is 5.70. The zero-order valence-corrected chi connectivity index (χ0v) is 14.0. The topological polar surface area (TPSA) is 63.6 Å². The number of hydrogen-bond donors (Lipinski definition) is 1. The van der Waals surface area contributed by atoms with Crippen molar-refractivity contribution in [3.63, 3.8) is 0 Å². The van der Waals surface area contributed by atoms with Gasteiger partial charge in [0.25, 0.3) is 0 Å². The van der Waals surface area contributed by atoms with Gasteiger partial charge in [0.1, 0.15) is 0 Å². The molecule has 22 heavy (non-hydrogen) atoms. The van der Waals surface area contributed by atoms with E-state index in [4.69, 9.17) is 9.84 Å². The highest BCUT2D eigenvalue weighted by Crippen LogP contribution is 2.07. The second kappa shape index (κ2) is 14.4. The third-order valence-corrected chi connectivity index (χ3v) is 3.27. The van der Waals surface area contributed by atoms with Gasteiger partial charge in [-0.15, -0.1) is 0 Å². The summed E-state index contributed by atoms with van der Waals surface area (Å²) in [5.41, 5.74) is 0. The highest BCUT2D eigenvalue weighted by Gasteiger charge is 2.12. The summed E-state index contributed by atoms with van der Waals surface area (Å²) < 4.78 is 5.23. The summed E-state index contributed by atoms with van der Waals surface area (Å²) in [5.74, 6) is 4.74. The molecule has 1 atom stereocenters. The number of unbranched alkanes of at least 4 members (excludes halogenated alkanes) is 6. The van der Waals surface area contributed by atoms with Crippen molar-refractivity contribution in [3.05, 3.63) is 0 Å². The molecule has 0 rings (SSSR count). The molecule has 0 aromatic carbocycles. The number of ether oxygens (including phenoxy) is 1. The monoisotopic (exact) mass is 310 g/mol. The van der Waals surface area contributed by atoms with E-state index < -0.39 is 12.1 Å². The predicted octanol–water partition coefficient (Wildman–Crippen LogP) is 4.32. The first-order valence-electron chi connectivity index (χ1n) is 8.49. The van der Waals surface area contributed by atoms with Gasteiger partial charge in [0.05, 0.1) is 0 Å². The number of rotatable bonds is 12. The molecule has 0 heterocycles. The fraction of sp³-hybridized carbons (Fsp3) is 0.778. The molecule has 0 aliphatic rings. The average Bonchev–Trinajstić information content (AvgIpc) is 2.47. The minimum atomic E-state index is -0.894. The average molecular weight is 310 g/mol. The van der Waals surface area contributed by atoms with Crippen LogP contribution in [0.4, 0.5) is 0 Å². The van der Waals surface area contributed by atoms with Gasteiger partial charge >= 0.3 is 11.9 Å². The quantitative estimate of drug-likeness (QED) is 0.331. The first-order valence-corrected chi connectivity index (χ1v) is 8.49. The third kappa shape index (κ3) is 13.5. The number of hydrogen-bond acceptors (Lipinski definition) is 3. The first kappa shape index (κ1) is 20.5. The molecular weight excluding hydrogens is 280 g/mol. The van der Waals surface area contributed by atoms with Crippen LogP contribution in [0.2, 0.25) is 0 Å². The molecule has 0 saturated heterocycles. The van der Waals surface area contributed by atoms with Gasteiger partial charge in [0.2, 0.25) is 0 Å². The van der Waals surface area contributed by atoms with Gasteiger partial charge in [0.15, 0.2) is 6.10 Å². The van der Waals surface area contributed by atoms with E-state index in [0.717, 1.165) is 19.3 Å². The minimum Gasteiger partial charge on any atom is -0.481 e. The standard InChI is InChI=1S/C18H30O4/c1-3-5-6-7-8-9-10-11-13-16(14-15-17(19)20)22-18(21)12-4-2/h16H,3-10,12,14-15H2,1-2H3,(H,19,20). The number of carbonyl (C=O) groups excluding carboxylic acids is 1. The summed E-state index contributed by atoms with van der Waals surface area (Å²) in [6.45, 7) is 4.10. The minimum absolute atomic E-state index is 0.0320. The van der Waals surface area contributed by atoms with Crippen LogP contribution in [0.15, 0.2) is 0 Å². The SMILES string of the molecule is CCCCCCCCC#CC(CCC(=O)O)OC(=O)CCC. The molecule has 0 saturated carbocycles. The van der Waals surface area contributed by atoms with Crippen LogP contribution in [-0.4, -0.2) is 23.1 Å². The Kier molecular flexibility index (Phi) is 13.5. The molecule has 0 bridgehead atoms. The molecule has 0 fully saturated rings. The highest BCUT2D eigenvalue weighted by atomic mass is 16.5. The fourth-order valence-corrected chi connectivity index (χ4v) is 2.02. The molecule has 0 aromatic rings. The van der Waals surface area contributed by atoms with Gasteiger partial charge in [-0.1, -0.05) is 57.8 Å². The molecule has 0 aromatic heterocycles. The Morgan fingerprint density at radius 3 is 2.32 bits per heavy atom. The predicted molar refractivity (Wildman–Crippen MR) is 87.4 cm³/mol. The maximum Gasteiger partial charge on any atom is 0.307 e. The molecule has 0 aliphatic carbocycles. The van der Waals surface area contributed by atoms with E-state index in [1.807, 2.05) is 6.92 Å². The van der Waals surface area contributed by atoms with Gasteiger partial charge < -0.3 is 9.84 Å². The van der Waals surface area contributed by atoms with E-state index in [9.17, 15) is 9.59 Å². The van der Waals surface area contributed by atoms with Gasteiger partial charge in [-0.2, -0.15) is 0 Å². The van der Waals surface area contributed by atoms with Crippen LogP contribution in [0.3, 0.4) is 0 Å². The Bertz CT molecular complexity index is 365. The van der Waals surface area contributed by atoms with Crippen LogP contribution in [0, 0.1) is 11.8 Å². The lowest BCUT2D eigenvalue weighted by molar-refractivity contribution is -0.148. The van der Waals surface area contributed by atoms with Crippen molar-refractivity contribution < 1.29 is 19.4 Å². The fourth-order valence-electron chi connectivity index (χ4n) is 2.02. The Morgan fingerprint density at radius 2 is 1.68 bits per heavy atom. The Morgan fingerprint density at radius 1 is 1.00 bits per heavy atom. The van der Waals surface area contributed by atoms with Crippen molar-refractivity contribution in [2.45, 2.75) is 90.6 Å². The summed E-state index contributed by atoms with van der Waals surface area (Å²) in [6.07, 6.45) is 8.75. The van der Waals surface area contributed by atoms with Crippen molar-refractivity contribution in [3.8, 4) is 11.8 Å². The lowest BCUT2D eigenvalue weighted by Gasteiger charge is -2.11. The van der Waals surface area contributed by atoms with Crippen LogP contribution in [0.25, 0.3) is 0 Å². The van der Waals surface area contributed by atoms with Crippen molar-refractivity contribution >= 4 is 11.9 Å². The van der Waals surface area contributed by atoms with Crippen LogP contribution < -0.4 is 0 Å². The van der Waals surface area contributed by atoms with E-state index >= 15 is 0 Å². The number of carboxylic acids is 1. The zero-order valence-electron chi connectivity index (χ0n) is 14.0.